The minimum absolute atomic E-state index is 0.329. The monoisotopic (exact) mass is 427 g/mol. The highest BCUT2D eigenvalue weighted by Gasteiger charge is 2.14. The van der Waals surface area contributed by atoms with E-state index in [4.69, 9.17) is 18.9 Å². The standard InChI is InChI=1S/C21H21N3O5S/c1-26-14-7-9-16(27-2)15(12-14)20-23-24-21(30-20)22-19(25)10-6-13-5-8-17(28-3)18(11-13)29-4/h5-12H,1-4H3,(H,22,24,25)/b10-6+. The smallest absolute Gasteiger partial charge is 0.250 e. The van der Waals surface area contributed by atoms with Crippen LogP contribution in [0, 0.1) is 0 Å². The highest BCUT2D eigenvalue weighted by atomic mass is 32.1. The number of carbonyl (C=O) groups is 1. The maximum absolute atomic E-state index is 12.3. The average Bonchev–Trinajstić information content (AvgIpc) is 3.25. The minimum Gasteiger partial charge on any atom is -0.497 e. The summed E-state index contributed by atoms with van der Waals surface area (Å²) in [5, 5.41) is 11.9. The molecule has 0 bridgehead atoms. The Balaban J connectivity index is 1.72. The molecule has 1 heterocycles. The second-order valence-electron chi connectivity index (χ2n) is 5.92. The Morgan fingerprint density at radius 3 is 2.33 bits per heavy atom. The fourth-order valence-electron chi connectivity index (χ4n) is 2.64. The fraction of sp³-hybridized carbons (Fsp3) is 0.190. The highest BCUT2D eigenvalue weighted by molar-refractivity contribution is 7.18. The van der Waals surface area contributed by atoms with Gasteiger partial charge in [0.15, 0.2) is 16.5 Å². The van der Waals surface area contributed by atoms with Gasteiger partial charge in [0.25, 0.3) is 0 Å². The zero-order valence-electron chi connectivity index (χ0n) is 17.0. The van der Waals surface area contributed by atoms with Crippen LogP contribution in [-0.2, 0) is 4.79 Å². The molecule has 1 amide bonds. The second-order valence-corrected chi connectivity index (χ2v) is 6.89. The van der Waals surface area contributed by atoms with Crippen LogP contribution in [0.1, 0.15) is 5.56 Å². The molecule has 0 unspecified atom stereocenters. The predicted octanol–water partition coefficient (Wildman–Crippen LogP) is 3.89. The normalized spacial score (nSPS) is 10.7. The average molecular weight is 427 g/mol. The number of benzene rings is 2. The lowest BCUT2D eigenvalue weighted by Gasteiger charge is -2.07. The zero-order chi connectivity index (χ0) is 21.5. The first kappa shape index (κ1) is 21.1. The van der Waals surface area contributed by atoms with Crippen molar-refractivity contribution in [2.45, 2.75) is 0 Å². The number of aromatic nitrogens is 2. The van der Waals surface area contributed by atoms with Gasteiger partial charge < -0.3 is 18.9 Å². The summed E-state index contributed by atoms with van der Waals surface area (Å²) in [7, 11) is 6.29. The number of rotatable bonds is 8. The van der Waals surface area contributed by atoms with E-state index < -0.39 is 0 Å². The quantitative estimate of drug-likeness (QED) is 0.545. The molecule has 0 radical (unpaired) electrons. The van der Waals surface area contributed by atoms with Crippen LogP contribution in [0.25, 0.3) is 16.6 Å². The molecule has 0 aliphatic rings. The Morgan fingerprint density at radius 1 is 0.900 bits per heavy atom. The van der Waals surface area contributed by atoms with E-state index in [-0.39, 0.29) is 5.91 Å². The van der Waals surface area contributed by atoms with Crippen LogP contribution in [0.3, 0.4) is 0 Å². The van der Waals surface area contributed by atoms with Gasteiger partial charge >= 0.3 is 0 Å². The van der Waals surface area contributed by atoms with Crippen molar-refractivity contribution in [2.75, 3.05) is 33.8 Å². The lowest BCUT2D eigenvalue weighted by atomic mass is 10.2. The molecule has 3 rings (SSSR count). The van der Waals surface area contributed by atoms with Gasteiger partial charge in [-0.15, -0.1) is 10.2 Å². The topological polar surface area (TPSA) is 91.8 Å². The molecule has 0 fully saturated rings. The van der Waals surface area contributed by atoms with E-state index in [0.717, 1.165) is 11.1 Å². The molecule has 0 aliphatic carbocycles. The van der Waals surface area contributed by atoms with Crippen LogP contribution < -0.4 is 24.3 Å². The lowest BCUT2D eigenvalue weighted by Crippen LogP contribution is -2.07. The molecule has 0 saturated heterocycles. The summed E-state index contributed by atoms with van der Waals surface area (Å²) in [6.45, 7) is 0. The fourth-order valence-corrected chi connectivity index (χ4v) is 3.41. The van der Waals surface area contributed by atoms with Crippen molar-refractivity contribution in [3.8, 4) is 33.6 Å². The molecule has 9 heteroatoms. The number of amides is 1. The third-order valence-electron chi connectivity index (χ3n) is 4.13. The van der Waals surface area contributed by atoms with E-state index in [2.05, 4.69) is 15.5 Å². The number of hydrogen-bond donors (Lipinski definition) is 1. The van der Waals surface area contributed by atoms with Gasteiger partial charge in [-0.25, -0.2) is 0 Å². The van der Waals surface area contributed by atoms with Crippen molar-refractivity contribution in [2.24, 2.45) is 0 Å². The highest BCUT2D eigenvalue weighted by Crippen LogP contribution is 2.36. The third kappa shape index (κ3) is 4.87. The number of carbonyl (C=O) groups excluding carboxylic acids is 1. The molecule has 8 nitrogen and oxygen atoms in total. The predicted molar refractivity (Wildman–Crippen MR) is 116 cm³/mol. The maximum atomic E-state index is 12.3. The Bertz CT molecular complexity index is 1060. The maximum Gasteiger partial charge on any atom is 0.250 e. The number of ether oxygens (including phenoxy) is 4. The van der Waals surface area contributed by atoms with Gasteiger partial charge in [-0.05, 0) is 42.0 Å². The molecule has 1 aromatic heterocycles. The van der Waals surface area contributed by atoms with Gasteiger partial charge in [-0.2, -0.15) is 0 Å². The van der Waals surface area contributed by atoms with Gasteiger partial charge in [-0.1, -0.05) is 17.4 Å². The van der Waals surface area contributed by atoms with Crippen LogP contribution in [0.15, 0.2) is 42.5 Å². The Kier molecular flexibility index (Phi) is 6.87. The molecule has 3 aromatic rings. The molecule has 2 aromatic carbocycles. The van der Waals surface area contributed by atoms with E-state index >= 15 is 0 Å². The van der Waals surface area contributed by atoms with Gasteiger partial charge in [0.05, 0.1) is 34.0 Å². The van der Waals surface area contributed by atoms with E-state index in [1.165, 1.54) is 17.4 Å². The molecule has 0 saturated carbocycles. The van der Waals surface area contributed by atoms with Crippen LogP contribution >= 0.6 is 11.3 Å². The Labute approximate surface area is 178 Å². The van der Waals surface area contributed by atoms with Gasteiger partial charge in [0.1, 0.15) is 11.5 Å². The van der Waals surface area contributed by atoms with Crippen molar-refractivity contribution in [3.63, 3.8) is 0 Å². The van der Waals surface area contributed by atoms with Crippen molar-refractivity contribution in [3.05, 3.63) is 48.0 Å². The first-order valence-electron chi connectivity index (χ1n) is 8.85. The van der Waals surface area contributed by atoms with Crippen molar-refractivity contribution < 1.29 is 23.7 Å². The van der Waals surface area contributed by atoms with Gasteiger partial charge in [0.2, 0.25) is 11.0 Å². The van der Waals surface area contributed by atoms with Crippen LogP contribution in [0.4, 0.5) is 5.13 Å². The number of nitrogens with one attached hydrogen (secondary N) is 1. The summed E-state index contributed by atoms with van der Waals surface area (Å²) < 4.78 is 21.1. The van der Waals surface area contributed by atoms with Gasteiger partial charge in [0, 0.05) is 6.08 Å². The molecule has 156 valence electrons. The van der Waals surface area contributed by atoms with Gasteiger partial charge in [-0.3, -0.25) is 10.1 Å². The molecule has 1 N–H and O–H groups in total. The number of anilines is 1. The summed E-state index contributed by atoms with van der Waals surface area (Å²) in [6, 6.07) is 10.8. The molecule has 0 aliphatic heterocycles. The SMILES string of the molecule is COc1ccc(OC)c(-c2nnc(NC(=O)/C=C/c3ccc(OC)c(OC)c3)s2)c1. The molecule has 30 heavy (non-hydrogen) atoms. The summed E-state index contributed by atoms with van der Waals surface area (Å²) in [5.41, 5.74) is 1.53. The van der Waals surface area contributed by atoms with Crippen LogP contribution in [0.2, 0.25) is 0 Å². The number of methoxy groups -OCH3 is 4. The second kappa shape index (κ2) is 9.75. The van der Waals surface area contributed by atoms with Crippen molar-refractivity contribution >= 4 is 28.5 Å². The molecule has 0 spiro atoms. The molecule has 0 atom stereocenters. The summed E-state index contributed by atoms with van der Waals surface area (Å²) in [4.78, 5) is 12.3. The third-order valence-corrected chi connectivity index (χ3v) is 5.00. The van der Waals surface area contributed by atoms with E-state index in [9.17, 15) is 4.79 Å². The first-order valence-corrected chi connectivity index (χ1v) is 9.66. The lowest BCUT2D eigenvalue weighted by molar-refractivity contribution is -0.111. The number of hydrogen-bond acceptors (Lipinski definition) is 8. The summed E-state index contributed by atoms with van der Waals surface area (Å²) in [5.74, 6) is 2.18. The Morgan fingerprint density at radius 2 is 1.63 bits per heavy atom. The number of nitrogens with zero attached hydrogens (tertiary/aromatic N) is 2. The summed E-state index contributed by atoms with van der Waals surface area (Å²) >= 11 is 1.24. The summed E-state index contributed by atoms with van der Waals surface area (Å²) in [6.07, 6.45) is 3.08. The van der Waals surface area contributed by atoms with Crippen LogP contribution in [0.5, 0.6) is 23.0 Å². The molecular weight excluding hydrogens is 406 g/mol. The van der Waals surface area contributed by atoms with E-state index in [0.29, 0.717) is 33.1 Å². The largest absolute Gasteiger partial charge is 0.497 e. The van der Waals surface area contributed by atoms with E-state index in [1.807, 2.05) is 12.1 Å². The first-order chi connectivity index (χ1) is 14.6. The minimum atomic E-state index is -0.329. The van der Waals surface area contributed by atoms with Crippen molar-refractivity contribution in [1.82, 2.24) is 10.2 Å². The van der Waals surface area contributed by atoms with E-state index in [1.54, 1.807) is 58.8 Å². The molecular formula is C21H21N3O5S. The van der Waals surface area contributed by atoms with Crippen molar-refractivity contribution in [1.29, 1.82) is 0 Å². The Hall–Kier alpha value is -3.59. The van der Waals surface area contributed by atoms with Crippen LogP contribution in [-0.4, -0.2) is 44.5 Å². The zero-order valence-corrected chi connectivity index (χ0v) is 17.8.